The average molecular weight is 304 g/mol. The highest BCUT2D eigenvalue weighted by atomic mass is 79.9. The van der Waals surface area contributed by atoms with E-state index >= 15 is 0 Å². The Labute approximate surface area is 112 Å². The molecule has 0 saturated heterocycles. The van der Waals surface area contributed by atoms with Gasteiger partial charge in [0.2, 0.25) is 0 Å². The van der Waals surface area contributed by atoms with Gasteiger partial charge in [-0.1, -0.05) is 58.4 Å². The minimum Gasteiger partial charge on any atom is -0.236 e. The van der Waals surface area contributed by atoms with E-state index in [1.807, 2.05) is 18.2 Å². The Morgan fingerprint density at radius 3 is 2.59 bits per heavy atom. The number of thiazole rings is 1. The molecule has 3 rings (SSSR count). The van der Waals surface area contributed by atoms with Crippen molar-refractivity contribution in [1.29, 1.82) is 0 Å². The van der Waals surface area contributed by atoms with Gasteiger partial charge in [0.25, 0.3) is 0 Å². The van der Waals surface area contributed by atoms with Crippen molar-refractivity contribution in [2.45, 2.75) is 5.33 Å². The van der Waals surface area contributed by atoms with E-state index in [4.69, 9.17) is 0 Å². The van der Waals surface area contributed by atoms with E-state index in [1.54, 1.807) is 11.3 Å². The van der Waals surface area contributed by atoms with Crippen molar-refractivity contribution in [3.8, 4) is 10.6 Å². The van der Waals surface area contributed by atoms with Gasteiger partial charge in [-0.3, -0.25) is 0 Å². The summed E-state index contributed by atoms with van der Waals surface area (Å²) in [6, 6.07) is 16.6. The molecule has 0 aliphatic rings. The number of aromatic nitrogens is 1. The Morgan fingerprint density at radius 2 is 1.82 bits per heavy atom. The summed E-state index contributed by atoms with van der Waals surface area (Å²) in [5.41, 5.74) is 3.59. The van der Waals surface area contributed by atoms with Crippen LogP contribution >= 0.6 is 27.3 Å². The van der Waals surface area contributed by atoms with Gasteiger partial charge in [-0.25, -0.2) is 4.98 Å². The third-order valence-corrected chi connectivity index (χ3v) is 4.46. The molecule has 0 aliphatic heterocycles. The monoisotopic (exact) mass is 303 g/mol. The van der Waals surface area contributed by atoms with Crippen molar-refractivity contribution in [3.63, 3.8) is 0 Å². The summed E-state index contributed by atoms with van der Waals surface area (Å²) in [5.74, 6) is 0. The molecule has 0 aliphatic carbocycles. The molecule has 1 nitrogen and oxygen atoms in total. The van der Waals surface area contributed by atoms with E-state index in [1.165, 1.54) is 15.8 Å². The Hall–Kier alpha value is -1.19. The van der Waals surface area contributed by atoms with Crippen LogP contribution in [0.1, 0.15) is 5.56 Å². The highest BCUT2D eigenvalue weighted by molar-refractivity contribution is 9.08. The zero-order chi connectivity index (χ0) is 11.7. The molecule has 0 amide bonds. The molecule has 0 bridgehead atoms. The summed E-state index contributed by atoms with van der Waals surface area (Å²) in [7, 11) is 0. The molecule has 2 aromatic carbocycles. The van der Waals surface area contributed by atoms with Crippen LogP contribution in [0, 0.1) is 0 Å². The lowest BCUT2D eigenvalue weighted by Gasteiger charge is -1.94. The van der Waals surface area contributed by atoms with Crippen molar-refractivity contribution in [1.82, 2.24) is 4.98 Å². The first-order valence-electron chi connectivity index (χ1n) is 5.38. The van der Waals surface area contributed by atoms with E-state index in [-0.39, 0.29) is 0 Å². The number of fused-ring (bicyclic) bond motifs is 1. The number of hydrogen-bond donors (Lipinski definition) is 0. The maximum Gasteiger partial charge on any atom is 0.124 e. The van der Waals surface area contributed by atoms with Crippen molar-refractivity contribution in [2.24, 2.45) is 0 Å². The fourth-order valence-corrected chi connectivity index (χ4v) is 3.55. The van der Waals surface area contributed by atoms with Gasteiger partial charge >= 0.3 is 0 Å². The lowest BCUT2D eigenvalue weighted by molar-refractivity contribution is 1.45. The number of benzene rings is 2. The molecule has 0 unspecified atom stereocenters. The molecule has 84 valence electrons. The van der Waals surface area contributed by atoms with Crippen LogP contribution in [0.25, 0.3) is 20.8 Å². The number of rotatable bonds is 2. The average Bonchev–Trinajstić information content (AvgIpc) is 2.83. The maximum absolute atomic E-state index is 4.69. The van der Waals surface area contributed by atoms with Crippen LogP contribution in [-0.4, -0.2) is 4.98 Å². The molecule has 0 radical (unpaired) electrons. The van der Waals surface area contributed by atoms with Gasteiger partial charge in [0.15, 0.2) is 0 Å². The fourth-order valence-electron chi connectivity index (χ4n) is 1.82. The molecule has 17 heavy (non-hydrogen) atoms. The van der Waals surface area contributed by atoms with Gasteiger partial charge in [-0.15, -0.1) is 11.3 Å². The van der Waals surface area contributed by atoms with Gasteiger partial charge in [0.1, 0.15) is 5.01 Å². The Balaban J connectivity index is 2.20. The van der Waals surface area contributed by atoms with E-state index < -0.39 is 0 Å². The quantitative estimate of drug-likeness (QED) is 0.616. The highest BCUT2D eigenvalue weighted by Gasteiger charge is 2.08. The molecular formula is C14H10BrNS. The molecule has 0 N–H and O–H groups in total. The zero-order valence-electron chi connectivity index (χ0n) is 9.06. The molecule has 3 heteroatoms. The van der Waals surface area contributed by atoms with Gasteiger partial charge in [-0.2, -0.15) is 0 Å². The summed E-state index contributed by atoms with van der Waals surface area (Å²) < 4.78 is 1.28. The highest BCUT2D eigenvalue weighted by Crippen LogP contribution is 2.32. The number of alkyl halides is 1. The maximum atomic E-state index is 4.69. The van der Waals surface area contributed by atoms with Crippen LogP contribution in [0.15, 0.2) is 48.5 Å². The Morgan fingerprint density at radius 1 is 1.00 bits per heavy atom. The molecule has 0 fully saturated rings. The second-order valence-electron chi connectivity index (χ2n) is 3.78. The first kappa shape index (κ1) is 10.9. The number of halogens is 1. The molecule has 0 saturated carbocycles. The third-order valence-electron chi connectivity index (χ3n) is 2.66. The van der Waals surface area contributed by atoms with E-state index in [0.717, 1.165) is 15.9 Å². The largest absolute Gasteiger partial charge is 0.236 e. The van der Waals surface area contributed by atoms with Crippen LogP contribution in [0.3, 0.4) is 0 Å². The Bertz CT molecular complexity index is 646. The minimum atomic E-state index is 0.876. The van der Waals surface area contributed by atoms with E-state index in [2.05, 4.69) is 51.2 Å². The molecule has 3 aromatic rings. The topological polar surface area (TPSA) is 12.9 Å². The van der Waals surface area contributed by atoms with Crippen molar-refractivity contribution < 1.29 is 0 Å². The second-order valence-corrected chi connectivity index (χ2v) is 5.34. The standard InChI is InChI=1S/C14H10BrNS/c15-9-11-7-4-8-12-13(11)17-14(16-12)10-5-2-1-3-6-10/h1-8H,9H2. The van der Waals surface area contributed by atoms with Crippen molar-refractivity contribution in [2.75, 3.05) is 0 Å². The molecule has 0 atom stereocenters. The second kappa shape index (κ2) is 4.59. The molecular weight excluding hydrogens is 294 g/mol. The molecule has 1 heterocycles. The summed E-state index contributed by atoms with van der Waals surface area (Å²) >= 11 is 5.28. The first-order valence-corrected chi connectivity index (χ1v) is 7.32. The SMILES string of the molecule is BrCc1cccc2nc(-c3ccccc3)sc12. The number of nitrogens with zero attached hydrogens (tertiary/aromatic N) is 1. The molecule has 0 spiro atoms. The van der Waals surface area contributed by atoms with Crippen LogP contribution in [0.4, 0.5) is 0 Å². The van der Waals surface area contributed by atoms with Gasteiger partial charge < -0.3 is 0 Å². The third kappa shape index (κ3) is 2.01. The predicted octanol–water partition coefficient (Wildman–Crippen LogP) is 4.86. The predicted molar refractivity (Wildman–Crippen MR) is 77.7 cm³/mol. The van der Waals surface area contributed by atoms with Crippen LogP contribution in [0.2, 0.25) is 0 Å². The summed E-state index contributed by atoms with van der Waals surface area (Å²) in [5, 5.41) is 1.97. The lowest BCUT2D eigenvalue weighted by Crippen LogP contribution is -1.76. The Kier molecular flexibility index (Phi) is 2.95. The van der Waals surface area contributed by atoms with Gasteiger partial charge in [0, 0.05) is 10.9 Å². The van der Waals surface area contributed by atoms with Gasteiger partial charge in [0.05, 0.1) is 10.2 Å². The van der Waals surface area contributed by atoms with E-state index in [9.17, 15) is 0 Å². The number of hydrogen-bond acceptors (Lipinski definition) is 2. The van der Waals surface area contributed by atoms with Crippen LogP contribution in [0.5, 0.6) is 0 Å². The molecule has 1 aromatic heterocycles. The van der Waals surface area contributed by atoms with Gasteiger partial charge in [-0.05, 0) is 11.6 Å². The van der Waals surface area contributed by atoms with Crippen molar-refractivity contribution in [3.05, 3.63) is 54.1 Å². The minimum absolute atomic E-state index is 0.876. The lowest BCUT2D eigenvalue weighted by atomic mass is 10.2. The van der Waals surface area contributed by atoms with Crippen molar-refractivity contribution >= 4 is 37.5 Å². The summed E-state index contributed by atoms with van der Waals surface area (Å²) in [4.78, 5) is 4.69. The summed E-state index contributed by atoms with van der Waals surface area (Å²) in [6.45, 7) is 0. The summed E-state index contributed by atoms with van der Waals surface area (Å²) in [6.07, 6.45) is 0. The van der Waals surface area contributed by atoms with Crippen LogP contribution in [-0.2, 0) is 5.33 Å². The zero-order valence-corrected chi connectivity index (χ0v) is 11.5. The normalized spacial score (nSPS) is 10.9. The van der Waals surface area contributed by atoms with Crippen LogP contribution < -0.4 is 0 Å². The smallest absolute Gasteiger partial charge is 0.124 e. The first-order chi connectivity index (χ1) is 8.38. The fraction of sp³-hybridized carbons (Fsp3) is 0.0714. The van der Waals surface area contributed by atoms with E-state index in [0.29, 0.717) is 0 Å².